The minimum atomic E-state index is -0.724. The third-order valence-electron chi connectivity index (χ3n) is 8.78. The number of nitrogens with zero attached hydrogens (tertiary/aromatic N) is 5. The summed E-state index contributed by atoms with van der Waals surface area (Å²) >= 11 is 0. The number of anilines is 1. The molecule has 4 aromatic rings. The molecule has 2 fully saturated rings. The lowest BCUT2D eigenvalue weighted by Crippen LogP contribution is -2.43. The van der Waals surface area contributed by atoms with Crippen molar-refractivity contribution in [3.63, 3.8) is 0 Å². The highest BCUT2D eigenvalue weighted by atomic mass is 19.1. The highest BCUT2D eigenvalue weighted by Gasteiger charge is 2.45. The van der Waals surface area contributed by atoms with Crippen molar-refractivity contribution in [1.29, 1.82) is 0 Å². The molecule has 2 saturated heterocycles. The van der Waals surface area contributed by atoms with Gasteiger partial charge in [0.05, 0.1) is 12.6 Å². The van der Waals surface area contributed by atoms with Crippen molar-refractivity contribution in [2.45, 2.75) is 51.5 Å². The van der Waals surface area contributed by atoms with Crippen LogP contribution in [0.1, 0.15) is 45.1 Å². The van der Waals surface area contributed by atoms with Gasteiger partial charge in [-0.3, -0.25) is 4.90 Å². The van der Waals surface area contributed by atoms with E-state index in [9.17, 15) is 9.50 Å². The first kappa shape index (κ1) is 27.4. The lowest BCUT2D eigenvalue weighted by Gasteiger charge is -2.31. The molecule has 2 aromatic carbocycles. The number of ether oxygens (including phenoxy) is 2. The van der Waals surface area contributed by atoms with Crippen LogP contribution < -0.4 is 14.4 Å². The number of aromatic hydroxyl groups is 1. The largest absolute Gasteiger partial charge is 0.508 e. The topological polar surface area (TPSA) is 83.8 Å². The molecule has 2 aliphatic heterocycles. The quantitative estimate of drug-likeness (QED) is 0.285. The third-order valence-corrected chi connectivity index (χ3v) is 8.78. The Morgan fingerprint density at radius 1 is 1.05 bits per heavy atom. The zero-order valence-electron chi connectivity index (χ0n) is 23.9. The number of phenols is 1. The highest BCUT2D eigenvalue weighted by Crippen LogP contribution is 2.43. The number of hydrogen-bond acceptors (Lipinski definition) is 8. The normalized spacial score (nSPS) is 16.4. The third kappa shape index (κ3) is 4.48. The van der Waals surface area contributed by atoms with Crippen molar-refractivity contribution >= 4 is 27.5 Å². The minimum absolute atomic E-state index is 0.00899. The van der Waals surface area contributed by atoms with E-state index < -0.39 is 11.6 Å². The number of pyridine rings is 1. The highest BCUT2D eigenvalue weighted by molar-refractivity contribution is 6.03. The number of benzene rings is 2. The lowest BCUT2D eigenvalue weighted by atomic mass is 9.94. The Kier molecular flexibility index (Phi) is 7.05. The van der Waals surface area contributed by atoms with Gasteiger partial charge in [0, 0.05) is 19.2 Å². The van der Waals surface area contributed by atoms with Crippen LogP contribution >= 0.6 is 0 Å². The fraction of sp³-hybridized carbons (Fsp3) is 0.452. The number of phenolic OH excluding ortho intramolecular Hbond substituents is 1. The van der Waals surface area contributed by atoms with E-state index in [0.29, 0.717) is 47.1 Å². The van der Waals surface area contributed by atoms with Gasteiger partial charge in [-0.2, -0.15) is 9.97 Å². The number of rotatable bonds is 8. The van der Waals surface area contributed by atoms with Gasteiger partial charge < -0.3 is 19.5 Å². The Balaban J connectivity index is 1.57. The maximum absolute atomic E-state index is 16.7. The summed E-state index contributed by atoms with van der Waals surface area (Å²) in [6.07, 6.45) is 4.74. The van der Waals surface area contributed by atoms with E-state index in [0.717, 1.165) is 38.8 Å². The molecule has 0 aliphatic carbocycles. The van der Waals surface area contributed by atoms with Crippen molar-refractivity contribution < 1.29 is 23.4 Å². The molecule has 41 heavy (non-hydrogen) atoms. The molecule has 8 nitrogen and oxygen atoms in total. The molecule has 0 saturated carbocycles. The van der Waals surface area contributed by atoms with Crippen molar-refractivity contribution in [3.8, 4) is 28.9 Å². The van der Waals surface area contributed by atoms with Crippen LogP contribution in [-0.4, -0.2) is 70.9 Å². The van der Waals surface area contributed by atoms with Gasteiger partial charge in [-0.15, -0.1) is 0 Å². The van der Waals surface area contributed by atoms with E-state index in [1.54, 1.807) is 6.07 Å². The molecule has 0 amide bonds. The second-order valence-electron chi connectivity index (χ2n) is 11.0. The zero-order chi connectivity index (χ0) is 28.9. The van der Waals surface area contributed by atoms with E-state index in [4.69, 9.17) is 14.5 Å². The Bertz CT molecular complexity index is 1640. The van der Waals surface area contributed by atoms with Crippen LogP contribution in [0, 0.1) is 11.6 Å². The molecule has 0 atom stereocenters. The zero-order valence-corrected chi connectivity index (χ0v) is 23.9. The first-order valence-corrected chi connectivity index (χ1v) is 14.3. The number of halogens is 2. The minimum Gasteiger partial charge on any atom is -0.508 e. The SMILES string of the molecule is CCc1c(F)ccc2cc(O)cc(-c3nc(OC)c4c(N(C)CC)nc(OCC56CCCN5CCC6)nc4c3F)c12. The first-order chi connectivity index (χ1) is 19.8. The predicted molar refractivity (Wildman–Crippen MR) is 155 cm³/mol. The monoisotopic (exact) mass is 563 g/mol. The summed E-state index contributed by atoms with van der Waals surface area (Å²) in [7, 11) is 3.31. The van der Waals surface area contributed by atoms with E-state index in [2.05, 4.69) is 14.9 Å². The van der Waals surface area contributed by atoms with Crippen LogP contribution in [0.25, 0.3) is 32.9 Å². The fourth-order valence-corrected chi connectivity index (χ4v) is 6.61. The van der Waals surface area contributed by atoms with Crippen LogP contribution in [0.5, 0.6) is 17.6 Å². The summed E-state index contributed by atoms with van der Waals surface area (Å²) < 4.78 is 43.5. The van der Waals surface area contributed by atoms with Crippen LogP contribution in [0.15, 0.2) is 24.3 Å². The van der Waals surface area contributed by atoms with Gasteiger partial charge in [0.15, 0.2) is 5.82 Å². The standard InChI is InChI=1S/C31H35F2N5O3/c1-5-20-22(32)10-9-18-15-19(39)16-21(23(18)20)26-25(33)27-24(29(34-26)40-4)28(37(3)6-2)36-30(35-27)41-17-31-11-7-13-38(31)14-8-12-31/h9-10,15-16,39H,5-8,11-14,17H2,1-4H3. The molecule has 6 rings (SSSR count). The van der Waals surface area contributed by atoms with Crippen LogP contribution in [0.3, 0.4) is 0 Å². The number of aryl methyl sites for hydroxylation is 1. The van der Waals surface area contributed by atoms with Crippen molar-refractivity contribution in [2.75, 3.05) is 45.3 Å². The lowest BCUT2D eigenvalue weighted by molar-refractivity contribution is 0.108. The Labute approximate surface area is 237 Å². The van der Waals surface area contributed by atoms with E-state index in [1.807, 2.05) is 25.8 Å². The summed E-state index contributed by atoms with van der Waals surface area (Å²) in [5.74, 6) is -0.650. The van der Waals surface area contributed by atoms with Gasteiger partial charge in [0.25, 0.3) is 0 Å². The molecule has 0 spiro atoms. The molecule has 10 heteroatoms. The second-order valence-corrected chi connectivity index (χ2v) is 11.0. The summed E-state index contributed by atoms with van der Waals surface area (Å²) in [5.41, 5.74) is 0.530. The number of methoxy groups -OCH3 is 1. The fourth-order valence-electron chi connectivity index (χ4n) is 6.61. The summed E-state index contributed by atoms with van der Waals surface area (Å²) in [6, 6.07) is 5.95. The van der Waals surface area contributed by atoms with Gasteiger partial charge in [-0.25, -0.2) is 13.8 Å². The Morgan fingerprint density at radius 3 is 2.49 bits per heavy atom. The number of fused-ring (bicyclic) bond motifs is 3. The van der Waals surface area contributed by atoms with Gasteiger partial charge in [-0.05, 0) is 86.7 Å². The molecule has 4 heterocycles. The number of aromatic nitrogens is 3. The first-order valence-electron chi connectivity index (χ1n) is 14.3. The smallest absolute Gasteiger partial charge is 0.319 e. The maximum Gasteiger partial charge on any atom is 0.319 e. The van der Waals surface area contributed by atoms with Gasteiger partial charge in [-0.1, -0.05) is 13.0 Å². The van der Waals surface area contributed by atoms with E-state index in [1.165, 1.54) is 25.3 Å². The van der Waals surface area contributed by atoms with Crippen molar-refractivity contribution in [2.24, 2.45) is 0 Å². The van der Waals surface area contributed by atoms with E-state index in [-0.39, 0.29) is 40.0 Å². The van der Waals surface area contributed by atoms with Crippen molar-refractivity contribution in [3.05, 3.63) is 41.5 Å². The van der Waals surface area contributed by atoms with Gasteiger partial charge in [0.2, 0.25) is 5.88 Å². The molecule has 0 bridgehead atoms. The molecular weight excluding hydrogens is 528 g/mol. The number of hydrogen-bond donors (Lipinski definition) is 1. The van der Waals surface area contributed by atoms with Gasteiger partial charge in [0.1, 0.15) is 40.6 Å². The predicted octanol–water partition coefficient (Wildman–Crippen LogP) is 5.86. The van der Waals surface area contributed by atoms with Crippen LogP contribution in [0.2, 0.25) is 0 Å². The summed E-state index contributed by atoms with van der Waals surface area (Å²) in [6.45, 7) is 6.94. The molecule has 216 valence electrons. The average molecular weight is 564 g/mol. The van der Waals surface area contributed by atoms with Crippen LogP contribution in [0.4, 0.5) is 14.6 Å². The molecular formula is C31H35F2N5O3. The Morgan fingerprint density at radius 2 is 1.80 bits per heavy atom. The van der Waals surface area contributed by atoms with Gasteiger partial charge >= 0.3 is 6.01 Å². The summed E-state index contributed by atoms with van der Waals surface area (Å²) in [4.78, 5) is 18.2. The molecule has 2 aliphatic rings. The molecule has 1 N–H and O–H groups in total. The average Bonchev–Trinajstić information content (AvgIpc) is 3.56. The van der Waals surface area contributed by atoms with Crippen LogP contribution in [-0.2, 0) is 6.42 Å². The Hall–Kier alpha value is -3.79. The van der Waals surface area contributed by atoms with E-state index >= 15 is 4.39 Å². The van der Waals surface area contributed by atoms with Crippen molar-refractivity contribution in [1.82, 2.24) is 19.9 Å². The molecule has 2 aromatic heterocycles. The second kappa shape index (κ2) is 10.6. The molecule has 0 radical (unpaired) electrons. The summed E-state index contributed by atoms with van der Waals surface area (Å²) in [5, 5.41) is 11.9. The molecule has 0 unspecified atom stereocenters. The maximum atomic E-state index is 16.7.